The Balaban J connectivity index is 1.29. The maximum absolute atomic E-state index is 6.25. The predicted molar refractivity (Wildman–Crippen MR) is 208 cm³/mol. The first kappa shape index (κ1) is 29.3. The van der Waals surface area contributed by atoms with Crippen molar-refractivity contribution >= 4 is 61.7 Å². The maximum Gasteiger partial charge on any atom is 0.127 e. The lowest BCUT2D eigenvalue weighted by atomic mass is 9.88. The van der Waals surface area contributed by atoms with E-state index in [1.807, 2.05) is 6.08 Å². The van der Waals surface area contributed by atoms with Gasteiger partial charge in [-0.1, -0.05) is 104 Å². The lowest BCUT2D eigenvalue weighted by Gasteiger charge is -2.28. The van der Waals surface area contributed by atoms with E-state index in [0.717, 1.165) is 36.1 Å². The number of fused-ring (bicyclic) bond motifs is 7. The van der Waals surface area contributed by atoms with Gasteiger partial charge in [-0.15, -0.1) is 0 Å². The van der Waals surface area contributed by atoms with E-state index in [9.17, 15) is 0 Å². The molecule has 6 aromatic rings. The summed E-state index contributed by atoms with van der Waals surface area (Å²) in [5.74, 6) is 0.943. The van der Waals surface area contributed by atoms with Gasteiger partial charge in [0.1, 0.15) is 12.4 Å². The normalized spacial score (nSPS) is 17.3. The molecule has 9 rings (SSSR count). The first-order chi connectivity index (χ1) is 24.2. The molecule has 1 unspecified atom stereocenters. The fourth-order valence-corrected chi connectivity index (χ4v) is 8.10. The Morgan fingerprint density at radius 2 is 1.55 bits per heavy atom. The zero-order valence-corrected chi connectivity index (χ0v) is 27.8. The first-order valence-corrected chi connectivity index (χ1v) is 17.3. The summed E-state index contributed by atoms with van der Waals surface area (Å²) >= 11 is 0. The second kappa shape index (κ2) is 12.0. The van der Waals surface area contributed by atoms with Crippen LogP contribution in [-0.4, -0.2) is 15.7 Å². The zero-order chi connectivity index (χ0) is 32.9. The summed E-state index contributed by atoms with van der Waals surface area (Å²) < 4.78 is 11.3. The van der Waals surface area contributed by atoms with Crippen molar-refractivity contribution in [3.05, 3.63) is 168 Å². The smallest absolute Gasteiger partial charge is 0.127 e. The molecule has 1 atom stereocenters. The van der Waals surface area contributed by atoms with Gasteiger partial charge in [0.25, 0.3) is 0 Å². The molecular weight excluding hydrogens is 597 g/mol. The third-order valence-corrected chi connectivity index (χ3v) is 10.4. The van der Waals surface area contributed by atoms with E-state index in [4.69, 9.17) is 4.74 Å². The molecule has 1 aliphatic heterocycles. The van der Waals surface area contributed by atoms with Gasteiger partial charge in [-0.05, 0) is 97.0 Å². The summed E-state index contributed by atoms with van der Waals surface area (Å²) in [6, 6.07) is 33.4. The minimum atomic E-state index is 0.0935. The molecular formula is C46H38N2O. The summed E-state index contributed by atoms with van der Waals surface area (Å²) in [6.07, 6.45) is 23.0. The minimum Gasteiger partial charge on any atom is -0.488 e. The predicted octanol–water partition coefficient (Wildman–Crippen LogP) is 12.0. The summed E-state index contributed by atoms with van der Waals surface area (Å²) in [5, 5.41) is 3.86. The van der Waals surface area contributed by atoms with Crippen molar-refractivity contribution in [2.45, 2.75) is 32.2 Å². The molecule has 0 saturated heterocycles. The molecule has 2 aliphatic carbocycles. The van der Waals surface area contributed by atoms with Gasteiger partial charge in [-0.25, -0.2) is 0 Å². The highest BCUT2D eigenvalue weighted by atomic mass is 16.5. The van der Waals surface area contributed by atoms with Gasteiger partial charge in [0.05, 0.1) is 17.3 Å². The standard InChI is InChI=1S/C46H38N2O/c1-3-5-15-36-31(4-2)30-49-46-25-24-32(28-41(36)46)33-26-34(47-42-20-8-6-7-16-37(42)38-17-9-12-21-43(38)47)29-35(27-33)48-44-22-13-10-18-39(44)40-19-11-14-23-45(40)48/h3-5,7-14,16-26,28-29,35H,2,6,15,27,30H2,1H3/b5-3-. The molecule has 238 valence electrons. The van der Waals surface area contributed by atoms with Crippen LogP contribution in [0, 0.1) is 0 Å². The molecule has 0 saturated carbocycles. The Kier molecular flexibility index (Phi) is 7.20. The van der Waals surface area contributed by atoms with Crippen molar-refractivity contribution < 1.29 is 4.74 Å². The number of para-hydroxylation sites is 3. The Labute approximate surface area is 287 Å². The van der Waals surface area contributed by atoms with Crippen molar-refractivity contribution in [2.75, 3.05) is 6.61 Å². The van der Waals surface area contributed by atoms with Crippen LogP contribution in [0.3, 0.4) is 0 Å². The summed E-state index contributed by atoms with van der Waals surface area (Å²) in [6.45, 7) is 6.76. The molecule has 3 aliphatic rings. The van der Waals surface area contributed by atoms with Gasteiger partial charge in [-0.2, -0.15) is 0 Å². The van der Waals surface area contributed by atoms with E-state index in [0.29, 0.717) is 6.61 Å². The van der Waals surface area contributed by atoms with Crippen molar-refractivity contribution in [1.82, 2.24) is 9.13 Å². The number of ether oxygens (including phenoxy) is 1. The second-order valence-electron chi connectivity index (χ2n) is 13.1. The highest BCUT2D eigenvalue weighted by molar-refractivity contribution is 6.08. The van der Waals surface area contributed by atoms with E-state index in [1.54, 1.807) is 0 Å². The molecule has 0 spiro atoms. The van der Waals surface area contributed by atoms with Crippen LogP contribution in [0.5, 0.6) is 5.75 Å². The van der Waals surface area contributed by atoms with Gasteiger partial charge in [-0.3, -0.25) is 0 Å². The number of allylic oxidation sites excluding steroid dienone is 9. The molecule has 0 radical (unpaired) electrons. The monoisotopic (exact) mass is 634 g/mol. The van der Waals surface area contributed by atoms with Gasteiger partial charge < -0.3 is 13.9 Å². The van der Waals surface area contributed by atoms with E-state index in [-0.39, 0.29) is 6.04 Å². The molecule has 3 heterocycles. The van der Waals surface area contributed by atoms with E-state index >= 15 is 0 Å². The third kappa shape index (κ3) is 4.80. The number of nitrogens with zero attached hydrogens (tertiary/aromatic N) is 2. The molecule has 3 heteroatoms. The summed E-state index contributed by atoms with van der Waals surface area (Å²) in [7, 11) is 0. The molecule has 4 aromatic carbocycles. The maximum atomic E-state index is 6.25. The number of hydrogen-bond donors (Lipinski definition) is 0. The van der Waals surface area contributed by atoms with Crippen molar-refractivity contribution in [1.29, 1.82) is 0 Å². The average molecular weight is 635 g/mol. The van der Waals surface area contributed by atoms with Crippen LogP contribution in [0.4, 0.5) is 0 Å². The Hall–Kier alpha value is -5.80. The van der Waals surface area contributed by atoms with Crippen LogP contribution in [-0.2, 0) is 0 Å². The Bertz CT molecular complexity index is 2450. The molecule has 0 N–H and O–H groups in total. The van der Waals surface area contributed by atoms with Gasteiger partial charge in [0.15, 0.2) is 0 Å². The lowest BCUT2D eigenvalue weighted by Crippen LogP contribution is -2.14. The topological polar surface area (TPSA) is 19.1 Å². The fourth-order valence-electron chi connectivity index (χ4n) is 8.10. The van der Waals surface area contributed by atoms with Crippen LogP contribution in [0.1, 0.15) is 54.6 Å². The van der Waals surface area contributed by atoms with Gasteiger partial charge in [0.2, 0.25) is 0 Å². The Morgan fingerprint density at radius 1 is 0.837 bits per heavy atom. The molecule has 49 heavy (non-hydrogen) atoms. The van der Waals surface area contributed by atoms with E-state index < -0.39 is 0 Å². The van der Waals surface area contributed by atoms with Crippen LogP contribution in [0.15, 0.2) is 146 Å². The van der Waals surface area contributed by atoms with Crippen molar-refractivity contribution in [3.63, 3.8) is 0 Å². The molecule has 3 nitrogen and oxygen atoms in total. The van der Waals surface area contributed by atoms with E-state index in [1.165, 1.54) is 66.4 Å². The van der Waals surface area contributed by atoms with Gasteiger partial charge >= 0.3 is 0 Å². The summed E-state index contributed by atoms with van der Waals surface area (Å²) in [4.78, 5) is 0. The highest BCUT2D eigenvalue weighted by Crippen LogP contribution is 2.44. The fraction of sp³-hybridized carbons (Fsp3) is 0.130. The second-order valence-corrected chi connectivity index (χ2v) is 13.1. The molecule has 0 amide bonds. The van der Waals surface area contributed by atoms with Gasteiger partial charge in [0, 0.05) is 44.0 Å². The molecule has 0 bridgehead atoms. The number of benzene rings is 4. The largest absolute Gasteiger partial charge is 0.488 e. The van der Waals surface area contributed by atoms with E-state index in [2.05, 4.69) is 162 Å². The quantitative estimate of drug-likeness (QED) is 0.167. The SMILES string of the molecule is C=CC1=C(C/C=C\C)c2cc(C3=CC(n4c5c(c6ccccc64)C=CCC=C5)=CC(n4c5ccccc5c5ccccc54)C3)ccc2OC1. The van der Waals surface area contributed by atoms with Crippen molar-refractivity contribution in [2.24, 2.45) is 0 Å². The van der Waals surface area contributed by atoms with Crippen molar-refractivity contribution in [3.8, 4) is 5.75 Å². The van der Waals surface area contributed by atoms with Crippen LogP contribution < -0.4 is 4.74 Å². The van der Waals surface area contributed by atoms with Crippen LogP contribution in [0.2, 0.25) is 0 Å². The average Bonchev–Trinajstić information content (AvgIpc) is 3.54. The zero-order valence-electron chi connectivity index (χ0n) is 27.8. The first-order valence-electron chi connectivity index (χ1n) is 17.3. The number of hydrogen-bond acceptors (Lipinski definition) is 1. The molecule has 0 fully saturated rings. The third-order valence-electron chi connectivity index (χ3n) is 10.4. The molecule has 2 aromatic heterocycles. The number of rotatable bonds is 6. The minimum absolute atomic E-state index is 0.0935. The lowest BCUT2D eigenvalue weighted by molar-refractivity contribution is 0.349. The Morgan fingerprint density at radius 3 is 2.31 bits per heavy atom. The van der Waals surface area contributed by atoms with Crippen LogP contribution >= 0.6 is 0 Å². The van der Waals surface area contributed by atoms with Crippen LogP contribution in [0.25, 0.3) is 61.7 Å². The number of aromatic nitrogens is 2. The summed E-state index contributed by atoms with van der Waals surface area (Å²) in [5.41, 5.74) is 13.6. The highest BCUT2D eigenvalue weighted by Gasteiger charge is 2.27.